The van der Waals surface area contributed by atoms with E-state index in [-0.39, 0.29) is 6.61 Å². The van der Waals surface area contributed by atoms with Gasteiger partial charge in [-0.15, -0.1) is 0 Å². The topological polar surface area (TPSA) is 47.9 Å². The van der Waals surface area contributed by atoms with Crippen LogP contribution < -0.4 is 9.47 Å². The van der Waals surface area contributed by atoms with Crippen LogP contribution in [0.1, 0.15) is 12.0 Å². The van der Waals surface area contributed by atoms with E-state index in [2.05, 4.69) is 0 Å². The van der Waals surface area contributed by atoms with E-state index in [1.54, 1.807) is 14.2 Å². The maximum atomic E-state index is 8.60. The van der Waals surface area contributed by atoms with Gasteiger partial charge in [0.05, 0.1) is 20.8 Å². The molecule has 90 valence electrons. The van der Waals surface area contributed by atoms with Gasteiger partial charge in [-0.25, -0.2) is 0 Å². The average Bonchev–Trinajstić information content (AvgIpc) is 2.34. The molecule has 0 unspecified atom stereocenters. The van der Waals surface area contributed by atoms with E-state index < -0.39 is 0 Å². The van der Waals surface area contributed by atoms with Crippen LogP contribution in [0.3, 0.4) is 0 Å². The number of hydrogen-bond acceptors (Lipinski definition) is 4. The van der Waals surface area contributed by atoms with Crippen LogP contribution in [-0.4, -0.2) is 32.5 Å². The molecule has 1 rings (SSSR count). The molecule has 1 aromatic carbocycles. The Kier molecular flexibility index (Phi) is 5.67. The van der Waals surface area contributed by atoms with Crippen LogP contribution in [0.2, 0.25) is 0 Å². The van der Waals surface area contributed by atoms with Crippen molar-refractivity contribution in [2.75, 3.05) is 27.4 Å². The third kappa shape index (κ3) is 3.72. The quantitative estimate of drug-likeness (QED) is 0.717. The second kappa shape index (κ2) is 7.09. The first-order valence-electron chi connectivity index (χ1n) is 5.21. The van der Waals surface area contributed by atoms with E-state index in [1.165, 1.54) is 0 Å². The third-order valence-electron chi connectivity index (χ3n) is 2.16. The molecule has 0 atom stereocenters. The molecule has 0 aliphatic carbocycles. The zero-order chi connectivity index (χ0) is 11.8. The van der Waals surface area contributed by atoms with Gasteiger partial charge in [-0.3, -0.25) is 0 Å². The fourth-order valence-electron chi connectivity index (χ4n) is 1.33. The molecule has 0 aliphatic heterocycles. The largest absolute Gasteiger partial charge is 0.493 e. The minimum atomic E-state index is 0.159. The molecule has 0 saturated heterocycles. The van der Waals surface area contributed by atoms with Gasteiger partial charge in [-0.05, 0) is 24.1 Å². The normalized spacial score (nSPS) is 10.2. The summed E-state index contributed by atoms with van der Waals surface area (Å²) in [5.41, 5.74) is 1.02. The highest BCUT2D eigenvalue weighted by Crippen LogP contribution is 2.27. The molecule has 0 amide bonds. The molecule has 0 fully saturated rings. The van der Waals surface area contributed by atoms with Crippen molar-refractivity contribution in [1.82, 2.24) is 0 Å². The molecule has 4 nitrogen and oxygen atoms in total. The smallest absolute Gasteiger partial charge is 0.161 e. The SMILES string of the molecule is COc1ccc(COCCCO)cc1OC. The Morgan fingerprint density at radius 2 is 1.88 bits per heavy atom. The van der Waals surface area contributed by atoms with E-state index in [0.717, 1.165) is 5.56 Å². The van der Waals surface area contributed by atoms with E-state index >= 15 is 0 Å². The van der Waals surface area contributed by atoms with Crippen molar-refractivity contribution in [3.05, 3.63) is 23.8 Å². The van der Waals surface area contributed by atoms with Crippen LogP contribution in [0.5, 0.6) is 11.5 Å². The minimum absolute atomic E-state index is 0.159. The van der Waals surface area contributed by atoms with Crippen molar-refractivity contribution in [2.24, 2.45) is 0 Å². The van der Waals surface area contributed by atoms with E-state index in [0.29, 0.717) is 31.1 Å². The summed E-state index contributed by atoms with van der Waals surface area (Å²) in [6.07, 6.45) is 0.660. The highest BCUT2D eigenvalue weighted by Gasteiger charge is 2.04. The second-order valence-electron chi connectivity index (χ2n) is 3.32. The van der Waals surface area contributed by atoms with Crippen molar-refractivity contribution >= 4 is 0 Å². The predicted molar refractivity (Wildman–Crippen MR) is 60.9 cm³/mol. The number of hydrogen-bond donors (Lipinski definition) is 1. The number of ether oxygens (including phenoxy) is 3. The van der Waals surface area contributed by atoms with E-state index in [4.69, 9.17) is 19.3 Å². The van der Waals surface area contributed by atoms with Gasteiger partial charge in [-0.2, -0.15) is 0 Å². The standard InChI is InChI=1S/C12H18O4/c1-14-11-5-4-10(8-12(11)15-2)9-16-7-3-6-13/h4-5,8,13H,3,6-7,9H2,1-2H3. The summed E-state index contributed by atoms with van der Waals surface area (Å²) in [4.78, 5) is 0. The van der Waals surface area contributed by atoms with Crippen molar-refractivity contribution in [1.29, 1.82) is 0 Å². The van der Waals surface area contributed by atoms with Gasteiger partial charge >= 0.3 is 0 Å². The molecular weight excluding hydrogens is 208 g/mol. The van der Waals surface area contributed by atoms with Crippen LogP contribution in [0, 0.1) is 0 Å². The van der Waals surface area contributed by atoms with Gasteiger partial charge < -0.3 is 19.3 Å². The monoisotopic (exact) mass is 226 g/mol. The molecule has 0 radical (unpaired) electrons. The van der Waals surface area contributed by atoms with Gasteiger partial charge in [0.1, 0.15) is 0 Å². The highest BCUT2D eigenvalue weighted by atomic mass is 16.5. The van der Waals surface area contributed by atoms with Gasteiger partial charge in [0.15, 0.2) is 11.5 Å². The number of aliphatic hydroxyl groups is 1. The number of aliphatic hydroxyl groups excluding tert-OH is 1. The molecule has 16 heavy (non-hydrogen) atoms. The summed E-state index contributed by atoms with van der Waals surface area (Å²) < 4.78 is 15.7. The van der Waals surface area contributed by atoms with Crippen molar-refractivity contribution in [3.63, 3.8) is 0 Å². The molecule has 0 spiro atoms. The van der Waals surface area contributed by atoms with E-state index in [1.807, 2.05) is 18.2 Å². The lowest BCUT2D eigenvalue weighted by Gasteiger charge is -2.09. The predicted octanol–water partition coefficient (Wildman–Crippen LogP) is 1.60. The average molecular weight is 226 g/mol. The first-order valence-corrected chi connectivity index (χ1v) is 5.21. The Morgan fingerprint density at radius 1 is 1.12 bits per heavy atom. The Balaban J connectivity index is 2.54. The van der Waals surface area contributed by atoms with Crippen molar-refractivity contribution in [2.45, 2.75) is 13.0 Å². The van der Waals surface area contributed by atoms with Crippen LogP contribution in [0.25, 0.3) is 0 Å². The summed E-state index contributed by atoms with van der Waals surface area (Å²) in [6.45, 7) is 1.23. The summed E-state index contributed by atoms with van der Waals surface area (Å²) in [5, 5.41) is 8.60. The van der Waals surface area contributed by atoms with Gasteiger partial charge in [0.2, 0.25) is 0 Å². The third-order valence-corrected chi connectivity index (χ3v) is 2.16. The number of methoxy groups -OCH3 is 2. The zero-order valence-electron chi connectivity index (χ0n) is 9.73. The lowest BCUT2D eigenvalue weighted by Crippen LogP contribution is -1.98. The summed E-state index contributed by atoms with van der Waals surface area (Å²) >= 11 is 0. The van der Waals surface area contributed by atoms with Crippen LogP contribution in [0.15, 0.2) is 18.2 Å². The Hall–Kier alpha value is -1.26. The van der Waals surface area contributed by atoms with Crippen LogP contribution >= 0.6 is 0 Å². The molecular formula is C12H18O4. The molecule has 1 N–H and O–H groups in total. The Labute approximate surface area is 95.8 Å². The fourth-order valence-corrected chi connectivity index (χ4v) is 1.33. The molecule has 0 aliphatic rings. The summed E-state index contributed by atoms with van der Waals surface area (Å²) in [7, 11) is 3.21. The van der Waals surface area contributed by atoms with Gasteiger partial charge in [0, 0.05) is 13.2 Å². The number of rotatable bonds is 7. The van der Waals surface area contributed by atoms with Gasteiger partial charge in [-0.1, -0.05) is 6.07 Å². The summed E-state index contributed by atoms with van der Waals surface area (Å²) in [5.74, 6) is 1.41. The number of benzene rings is 1. The van der Waals surface area contributed by atoms with Gasteiger partial charge in [0.25, 0.3) is 0 Å². The maximum Gasteiger partial charge on any atom is 0.161 e. The van der Waals surface area contributed by atoms with Crippen LogP contribution in [-0.2, 0) is 11.3 Å². The molecule has 0 aromatic heterocycles. The lowest BCUT2D eigenvalue weighted by molar-refractivity contribution is 0.104. The van der Waals surface area contributed by atoms with E-state index in [9.17, 15) is 0 Å². The minimum Gasteiger partial charge on any atom is -0.493 e. The summed E-state index contributed by atoms with van der Waals surface area (Å²) in [6, 6.07) is 5.67. The first kappa shape index (κ1) is 12.8. The van der Waals surface area contributed by atoms with Crippen molar-refractivity contribution in [3.8, 4) is 11.5 Å². The zero-order valence-corrected chi connectivity index (χ0v) is 9.73. The Morgan fingerprint density at radius 3 is 2.50 bits per heavy atom. The lowest BCUT2D eigenvalue weighted by atomic mass is 10.2. The Bertz CT molecular complexity index is 312. The molecule has 0 saturated carbocycles. The van der Waals surface area contributed by atoms with Crippen LogP contribution in [0.4, 0.5) is 0 Å². The molecule has 0 bridgehead atoms. The molecule has 1 aromatic rings. The maximum absolute atomic E-state index is 8.60. The van der Waals surface area contributed by atoms with Crippen molar-refractivity contribution < 1.29 is 19.3 Å². The highest BCUT2D eigenvalue weighted by molar-refractivity contribution is 5.42. The first-order chi connectivity index (χ1) is 7.81. The molecule has 4 heteroatoms. The second-order valence-corrected chi connectivity index (χ2v) is 3.32. The fraction of sp³-hybridized carbons (Fsp3) is 0.500. The molecule has 0 heterocycles.